The van der Waals surface area contributed by atoms with E-state index in [2.05, 4.69) is 4.90 Å². The number of halogens is 2. The lowest BCUT2D eigenvalue weighted by Crippen LogP contribution is -2.47. The molecule has 7 heteroatoms. The smallest absolute Gasteiger partial charge is 0.266 e. The maximum atomic E-state index is 14.1. The Balaban J connectivity index is 1.45. The topological polar surface area (TPSA) is 41.4 Å². The normalized spacial score (nSPS) is 14.8. The predicted molar refractivity (Wildman–Crippen MR) is 121 cm³/mol. The molecule has 32 heavy (non-hydrogen) atoms. The average molecular weight is 432 g/mol. The van der Waals surface area contributed by atoms with Gasteiger partial charge in [0.25, 0.3) is 5.56 Å². The van der Waals surface area contributed by atoms with Gasteiger partial charge in [-0.2, -0.15) is 0 Å². The quantitative estimate of drug-likeness (QED) is 0.489. The second-order valence-electron chi connectivity index (χ2n) is 7.88. The number of aromatic nitrogens is 2. The fourth-order valence-electron chi connectivity index (χ4n) is 4.20. The molecule has 0 N–H and O–H groups in total. The first kappa shape index (κ1) is 20.3. The van der Waals surface area contributed by atoms with Gasteiger partial charge in [-0.3, -0.25) is 14.3 Å². The third-order valence-corrected chi connectivity index (χ3v) is 5.86. The van der Waals surface area contributed by atoms with Crippen LogP contribution in [0.3, 0.4) is 0 Å². The largest absolute Gasteiger partial charge is 0.367 e. The van der Waals surface area contributed by atoms with Gasteiger partial charge in [0.1, 0.15) is 17.5 Å². The number of hydrogen-bond donors (Lipinski definition) is 0. The van der Waals surface area contributed by atoms with Crippen molar-refractivity contribution in [1.29, 1.82) is 0 Å². The summed E-state index contributed by atoms with van der Waals surface area (Å²) in [6, 6.07) is 19.9. The molecular weight excluding hydrogens is 410 g/mol. The van der Waals surface area contributed by atoms with Gasteiger partial charge < -0.3 is 4.90 Å². The standard InChI is InChI=1S/C25H22F2N4O/c26-18-9-11-19(12-10-18)31-24(28-22-7-3-1-5-20(22)25(31)32)17-29-13-15-30(16-14-29)23-8-4-2-6-21(23)27/h1-12H,13-17H2. The summed E-state index contributed by atoms with van der Waals surface area (Å²) in [5.41, 5.74) is 1.65. The average Bonchev–Trinajstić information content (AvgIpc) is 2.81. The molecule has 1 aliphatic rings. The highest BCUT2D eigenvalue weighted by Gasteiger charge is 2.22. The fourth-order valence-corrected chi connectivity index (χ4v) is 4.20. The SMILES string of the molecule is O=c1c2ccccc2nc(CN2CCN(c3ccccc3F)CC2)n1-c1ccc(F)cc1. The van der Waals surface area contributed by atoms with Crippen molar-refractivity contribution in [3.05, 3.63) is 101 Å². The molecule has 1 saturated heterocycles. The zero-order valence-corrected chi connectivity index (χ0v) is 17.4. The molecule has 0 saturated carbocycles. The van der Waals surface area contributed by atoms with Crippen LogP contribution in [-0.4, -0.2) is 40.6 Å². The van der Waals surface area contributed by atoms with E-state index >= 15 is 0 Å². The van der Waals surface area contributed by atoms with Gasteiger partial charge in [-0.15, -0.1) is 0 Å². The molecule has 0 bridgehead atoms. The molecule has 162 valence electrons. The van der Waals surface area contributed by atoms with Crippen molar-refractivity contribution in [2.45, 2.75) is 6.54 Å². The highest BCUT2D eigenvalue weighted by molar-refractivity contribution is 5.77. The van der Waals surface area contributed by atoms with Crippen LogP contribution in [-0.2, 0) is 6.54 Å². The van der Waals surface area contributed by atoms with Gasteiger partial charge >= 0.3 is 0 Å². The maximum absolute atomic E-state index is 14.1. The van der Waals surface area contributed by atoms with Crippen molar-refractivity contribution < 1.29 is 8.78 Å². The highest BCUT2D eigenvalue weighted by atomic mass is 19.1. The third kappa shape index (κ3) is 3.87. The second kappa shape index (κ2) is 8.51. The van der Waals surface area contributed by atoms with E-state index in [9.17, 15) is 13.6 Å². The summed E-state index contributed by atoms with van der Waals surface area (Å²) in [6.45, 7) is 3.23. The molecule has 5 nitrogen and oxygen atoms in total. The van der Waals surface area contributed by atoms with Gasteiger partial charge in [-0.05, 0) is 48.5 Å². The van der Waals surface area contributed by atoms with Crippen molar-refractivity contribution in [3.63, 3.8) is 0 Å². The van der Waals surface area contributed by atoms with Gasteiger partial charge in [0.05, 0.1) is 28.8 Å². The number of benzene rings is 3. The van der Waals surface area contributed by atoms with E-state index < -0.39 is 0 Å². The molecule has 1 aliphatic heterocycles. The van der Waals surface area contributed by atoms with Crippen molar-refractivity contribution >= 4 is 16.6 Å². The number of rotatable bonds is 4. The first-order chi connectivity index (χ1) is 15.6. The summed E-state index contributed by atoms with van der Waals surface area (Å²) >= 11 is 0. The monoisotopic (exact) mass is 432 g/mol. The molecule has 1 aromatic heterocycles. The molecule has 3 aromatic carbocycles. The molecule has 0 spiro atoms. The Kier molecular flexibility index (Phi) is 5.41. The molecule has 5 rings (SSSR count). The maximum Gasteiger partial charge on any atom is 0.266 e. The lowest BCUT2D eigenvalue weighted by atomic mass is 10.2. The minimum absolute atomic E-state index is 0.179. The molecule has 4 aromatic rings. The molecule has 1 fully saturated rings. The highest BCUT2D eigenvalue weighted by Crippen LogP contribution is 2.21. The number of para-hydroxylation sites is 2. The van der Waals surface area contributed by atoms with Crippen LogP contribution < -0.4 is 10.5 Å². The van der Waals surface area contributed by atoms with E-state index in [1.807, 2.05) is 29.2 Å². The van der Waals surface area contributed by atoms with E-state index in [-0.39, 0.29) is 17.2 Å². The number of hydrogen-bond acceptors (Lipinski definition) is 4. The van der Waals surface area contributed by atoms with Crippen LogP contribution in [0.15, 0.2) is 77.6 Å². The third-order valence-electron chi connectivity index (χ3n) is 5.86. The van der Waals surface area contributed by atoms with E-state index in [4.69, 9.17) is 4.98 Å². The molecular formula is C25H22F2N4O. The van der Waals surface area contributed by atoms with Crippen LogP contribution in [0, 0.1) is 11.6 Å². The van der Waals surface area contributed by atoms with Crippen LogP contribution in [0.4, 0.5) is 14.5 Å². The Bertz CT molecular complexity index is 1310. The zero-order chi connectivity index (χ0) is 22.1. The summed E-state index contributed by atoms with van der Waals surface area (Å²) < 4.78 is 29.2. The minimum atomic E-state index is -0.360. The Hall–Kier alpha value is -3.58. The summed E-state index contributed by atoms with van der Waals surface area (Å²) in [4.78, 5) is 22.3. The van der Waals surface area contributed by atoms with Crippen LogP contribution in [0.1, 0.15) is 5.82 Å². The van der Waals surface area contributed by atoms with Gasteiger partial charge in [-0.25, -0.2) is 13.8 Å². The summed E-state index contributed by atoms with van der Waals surface area (Å²) in [6.07, 6.45) is 0. The minimum Gasteiger partial charge on any atom is -0.367 e. The summed E-state index contributed by atoms with van der Waals surface area (Å²) in [5, 5.41) is 0.518. The Morgan fingerprint density at radius 1 is 0.812 bits per heavy atom. The van der Waals surface area contributed by atoms with Crippen LogP contribution >= 0.6 is 0 Å². The molecule has 2 heterocycles. The molecule has 0 radical (unpaired) electrons. The summed E-state index contributed by atoms with van der Waals surface area (Å²) in [7, 11) is 0. The van der Waals surface area contributed by atoms with Crippen molar-refractivity contribution in [3.8, 4) is 5.69 Å². The molecule has 0 aliphatic carbocycles. The number of anilines is 1. The zero-order valence-electron chi connectivity index (χ0n) is 17.4. The van der Waals surface area contributed by atoms with E-state index in [1.165, 1.54) is 18.2 Å². The number of fused-ring (bicyclic) bond motifs is 1. The molecule has 0 unspecified atom stereocenters. The lowest BCUT2D eigenvalue weighted by molar-refractivity contribution is 0.241. The van der Waals surface area contributed by atoms with E-state index in [1.54, 1.807) is 34.9 Å². The van der Waals surface area contributed by atoms with Crippen molar-refractivity contribution in [2.24, 2.45) is 0 Å². The van der Waals surface area contributed by atoms with Crippen LogP contribution in [0.25, 0.3) is 16.6 Å². The summed E-state index contributed by atoms with van der Waals surface area (Å²) in [5.74, 6) is 0.0170. The van der Waals surface area contributed by atoms with Crippen LogP contribution in [0.5, 0.6) is 0 Å². The van der Waals surface area contributed by atoms with Crippen molar-refractivity contribution in [1.82, 2.24) is 14.5 Å². The Morgan fingerprint density at radius 2 is 1.50 bits per heavy atom. The fraction of sp³-hybridized carbons (Fsp3) is 0.200. The van der Waals surface area contributed by atoms with E-state index in [0.717, 1.165) is 0 Å². The second-order valence-corrected chi connectivity index (χ2v) is 7.88. The van der Waals surface area contributed by atoms with Gasteiger partial charge in [0.15, 0.2) is 0 Å². The lowest BCUT2D eigenvalue weighted by Gasteiger charge is -2.36. The van der Waals surface area contributed by atoms with Crippen molar-refractivity contribution in [2.75, 3.05) is 31.1 Å². The van der Waals surface area contributed by atoms with Gasteiger partial charge in [0, 0.05) is 26.2 Å². The first-order valence-corrected chi connectivity index (χ1v) is 10.6. The number of piperazine rings is 1. The Labute approximate surface area is 184 Å². The molecule has 0 atom stereocenters. The molecule has 0 amide bonds. The van der Waals surface area contributed by atoms with Gasteiger partial charge in [-0.1, -0.05) is 24.3 Å². The predicted octanol–water partition coefficient (Wildman–Crippen LogP) is 3.99. The van der Waals surface area contributed by atoms with Gasteiger partial charge in [0.2, 0.25) is 0 Å². The Morgan fingerprint density at radius 3 is 2.25 bits per heavy atom. The van der Waals surface area contributed by atoms with Crippen LogP contribution in [0.2, 0.25) is 0 Å². The number of nitrogens with zero attached hydrogens (tertiary/aromatic N) is 4. The first-order valence-electron chi connectivity index (χ1n) is 10.6. The van der Waals surface area contributed by atoms with E-state index in [0.29, 0.717) is 60.8 Å².